The first-order valence-corrected chi connectivity index (χ1v) is 7.71. The Morgan fingerprint density at radius 1 is 1.21 bits per heavy atom. The van der Waals surface area contributed by atoms with Crippen molar-refractivity contribution >= 4 is 43.5 Å². The fraction of sp³-hybridized carbons (Fsp3) is 0.231. The molecule has 0 aliphatic carbocycles. The highest BCUT2D eigenvalue weighted by molar-refractivity contribution is 9.10. The Labute approximate surface area is 133 Å². The van der Waals surface area contributed by atoms with Crippen LogP contribution in [0.1, 0.15) is 19.2 Å². The van der Waals surface area contributed by atoms with Gasteiger partial charge in [-0.25, -0.2) is 4.98 Å². The monoisotopic (exact) mass is 404 g/mol. The zero-order chi connectivity index (χ0) is 13.8. The van der Waals surface area contributed by atoms with Gasteiger partial charge in [0.25, 0.3) is 0 Å². The number of hydrogen-bond acceptors (Lipinski definition) is 3. The van der Waals surface area contributed by atoms with E-state index in [1.165, 1.54) is 0 Å². The Morgan fingerprint density at radius 2 is 2.00 bits per heavy atom. The number of nitrogens with zero attached hydrogens (tertiary/aromatic N) is 2. The first-order valence-electron chi connectivity index (χ1n) is 5.75. The first kappa shape index (κ1) is 14.8. The van der Waals surface area contributed by atoms with E-state index in [9.17, 15) is 0 Å². The average molecular weight is 407 g/mol. The summed E-state index contributed by atoms with van der Waals surface area (Å²) >= 11 is 12.7. The molecule has 0 spiro atoms. The molecule has 0 atom stereocenters. The maximum Gasteiger partial charge on any atom is 0.223 e. The number of benzene rings is 1. The predicted octanol–water partition coefficient (Wildman–Crippen LogP) is 5.40. The van der Waals surface area contributed by atoms with Crippen LogP contribution in [0.3, 0.4) is 0 Å². The molecule has 19 heavy (non-hydrogen) atoms. The van der Waals surface area contributed by atoms with E-state index in [1.54, 1.807) is 24.3 Å². The van der Waals surface area contributed by atoms with Crippen LogP contribution < -0.4 is 4.74 Å². The van der Waals surface area contributed by atoms with E-state index in [0.717, 1.165) is 23.1 Å². The summed E-state index contributed by atoms with van der Waals surface area (Å²) in [5, 5.41) is 0.648. The summed E-state index contributed by atoms with van der Waals surface area (Å²) in [5.41, 5.74) is 0. The second-order valence-corrected chi connectivity index (χ2v) is 5.98. The maximum atomic E-state index is 5.89. The first-order chi connectivity index (χ1) is 9.08. The summed E-state index contributed by atoms with van der Waals surface area (Å²) < 4.78 is 7.24. The van der Waals surface area contributed by atoms with Gasteiger partial charge >= 0.3 is 0 Å². The van der Waals surface area contributed by atoms with Crippen LogP contribution in [-0.2, 0) is 6.42 Å². The normalized spacial score (nSPS) is 10.5. The summed E-state index contributed by atoms with van der Waals surface area (Å²) in [4.78, 5) is 8.66. The molecule has 0 radical (unpaired) electrons. The van der Waals surface area contributed by atoms with E-state index in [2.05, 4.69) is 48.8 Å². The number of aromatic nitrogens is 2. The Balaban J connectivity index is 2.27. The minimum atomic E-state index is 0.508. The SMILES string of the molecule is CCCc1nc(Br)cc(Oc2ccc(Cl)cc2Br)n1. The largest absolute Gasteiger partial charge is 0.438 e. The molecule has 0 bridgehead atoms. The van der Waals surface area contributed by atoms with Gasteiger partial charge in [-0.1, -0.05) is 18.5 Å². The van der Waals surface area contributed by atoms with Gasteiger partial charge in [-0.05, 0) is 56.5 Å². The Hall–Kier alpha value is -0.650. The average Bonchev–Trinajstić information content (AvgIpc) is 2.32. The van der Waals surface area contributed by atoms with Crippen molar-refractivity contribution in [1.82, 2.24) is 9.97 Å². The number of rotatable bonds is 4. The molecule has 0 saturated carbocycles. The molecule has 2 rings (SSSR count). The minimum Gasteiger partial charge on any atom is -0.438 e. The van der Waals surface area contributed by atoms with E-state index in [0.29, 0.717) is 21.3 Å². The topological polar surface area (TPSA) is 35.0 Å². The summed E-state index contributed by atoms with van der Waals surface area (Å²) in [5.74, 6) is 1.93. The fourth-order valence-electron chi connectivity index (χ4n) is 1.50. The molecular formula is C13H11Br2ClN2O. The van der Waals surface area contributed by atoms with Crippen LogP contribution in [0.15, 0.2) is 33.3 Å². The van der Waals surface area contributed by atoms with E-state index in [4.69, 9.17) is 16.3 Å². The lowest BCUT2D eigenvalue weighted by Crippen LogP contribution is -1.98. The van der Waals surface area contributed by atoms with E-state index < -0.39 is 0 Å². The molecule has 0 aliphatic heterocycles. The van der Waals surface area contributed by atoms with E-state index >= 15 is 0 Å². The highest BCUT2D eigenvalue weighted by atomic mass is 79.9. The number of hydrogen-bond donors (Lipinski definition) is 0. The Kier molecular flexibility index (Phi) is 5.19. The van der Waals surface area contributed by atoms with Gasteiger partial charge in [-0.15, -0.1) is 0 Å². The molecule has 0 saturated heterocycles. The molecule has 0 aliphatic rings. The van der Waals surface area contributed by atoms with Gasteiger partial charge in [0.05, 0.1) is 4.47 Å². The van der Waals surface area contributed by atoms with Crippen LogP contribution in [0.25, 0.3) is 0 Å². The molecule has 0 unspecified atom stereocenters. The molecule has 2 aromatic rings. The van der Waals surface area contributed by atoms with Crippen LogP contribution in [0.5, 0.6) is 11.6 Å². The standard InChI is InChI=1S/C13H11Br2ClN2O/c1-2-3-12-17-11(15)7-13(18-12)19-10-5-4-8(16)6-9(10)14/h4-7H,2-3H2,1H3. The van der Waals surface area contributed by atoms with Crippen molar-refractivity contribution in [3.63, 3.8) is 0 Å². The van der Waals surface area contributed by atoms with Crippen LogP contribution in [0.2, 0.25) is 5.02 Å². The lowest BCUT2D eigenvalue weighted by atomic mass is 10.3. The summed E-state index contributed by atoms with van der Waals surface area (Å²) in [7, 11) is 0. The molecule has 1 aromatic heterocycles. The molecule has 1 heterocycles. The van der Waals surface area contributed by atoms with Crippen molar-refractivity contribution in [2.24, 2.45) is 0 Å². The van der Waals surface area contributed by atoms with E-state index in [1.807, 2.05) is 0 Å². The molecule has 6 heteroatoms. The third kappa shape index (κ3) is 4.16. The van der Waals surface area contributed by atoms with Crippen molar-refractivity contribution in [3.05, 3.63) is 44.2 Å². The quantitative estimate of drug-likeness (QED) is 0.638. The smallest absolute Gasteiger partial charge is 0.223 e. The van der Waals surface area contributed by atoms with Crippen molar-refractivity contribution < 1.29 is 4.74 Å². The molecule has 0 N–H and O–H groups in total. The Morgan fingerprint density at radius 3 is 2.68 bits per heavy atom. The zero-order valence-corrected chi connectivity index (χ0v) is 14.1. The van der Waals surface area contributed by atoms with Crippen molar-refractivity contribution in [3.8, 4) is 11.6 Å². The van der Waals surface area contributed by atoms with Crippen LogP contribution in [-0.4, -0.2) is 9.97 Å². The highest BCUT2D eigenvalue weighted by Gasteiger charge is 2.07. The van der Waals surface area contributed by atoms with Gasteiger partial charge in [0, 0.05) is 17.5 Å². The molecular weight excluding hydrogens is 395 g/mol. The number of ether oxygens (including phenoxy) is 1. The van der Waals surface area contributed by atoms with Gasteiger partial charge < -0.3 is 4.74 Å². The lowest BCUT2D eigenvalue weighted by Gasteiger charge is -2.08. The van der Waals surface area contributed by atoms with Crippen molar-refractivity contribution in [2.45, 2.75) is 19.8 Å². The summed E-state index contributed by atoms with van der Waals surface area (Å²) in [6, 6.07) is 7.08. The lowest BCUT2D eigenvalue weighted by molar-refractivity contribution is 0.455. The third-order valence-electron chi connectivity index (χ3n) is 2.30. The molecule has 1 aromatic carbocycles. The van der Waals surface area contributed by atoms with Gasteiger partial charge in [-0.2, -0.15) is 4.98 Å². The van der Waals surface area contributed by atoms with Crippen molar-refractivity contribution in [2.75, 3.05) is 0 Å². The molecule has 3 nitrogen and oxygen atoms in total. The van der Waals surface area contributed by atoms with Gasteiger partial charge in [0.1, 0.15) is 16.2 Å². The molecule has 0 amide bonds. The van der Waals surface area contributed by atoms with Gasteiger partial charge in [0.2, 0.25) is 5.88 Å². The van der Waals surface area contributed by atoms with Gasteiger partial charge in [-0.3, -0.25) is 0 Å². The minimum absolute atomic E-state index is 0.508. The summed E-state index contributed by atoms with van der Waals surface area (Å²) in [6.45, 7) is 2.08. The van der Waals surface area contributed by atoms with E-state index in [-0.39, 0.29) is 0 Å². The predicted molar refractivity (Wildman–Crippen MR) is 83.0 cm³/mol. The second kappa shape index (κ2) is 6.68. The van der Waals surface area contributed by atoms with Crippen LogP contribution in [0.4, 0.5) is 0 Å². The maximum absolute atomic E-state index is 5.89. The highest BCUT2D eigenvalue weighted by Crippen LogP contribution is 2.31. The van der Waals surface area contributed by atoms with Crippen molar-refractivity contribution in [1.29, 1.82) is 0 Å². The molecule has 100 valence electrons. The number of halogens is 3. The zero-order valence-electron chi connectivity index (χ0n) is 10.2. The van der Waals surface area contributed by atoms with Crippen LogP contribution >= 0.6 is 43.5 Å². The fourth-order valence-corrected chi connectivity index (χ4v) is 2.66. The van der Waals surface area contributed by atoms with Gasteiger partial charge in [0.15, 0.2) is 0 Å². The third-order valence-corrected chi connectivity index (χ3v) is 3.56. The summed E-state index contributed by atoms with van der Waals surface area (Å²) in [6.07, 6.45) is 1.80. The second-order valence-electron chi connectivity index (χ2n) is 3.87. The molecule has 0 fully saturated rings. The van der Waals surface area contributed by atoms with Crippen LogP contribution in [0, 0.1) is 0 Å². The number of aryl methyl sites for hydroxylation is 1. The Bertz CT molecular complexity index is 593.